The van der Waals surface area contributed by atoms with Gasteiger partial charge in [-0.25, -0.2) is 4.98 Å². The van der Waals surface area contributed by atoms with Crippen molar-refractivity contribution in [3.8, 4) is 16.8 Å². The molecule has 4 heterocycles. The molecule has 2 atom stereocenters. The Bertz CT molecular complexity index is 3370. The van der Waals surface area contributed by atoms with Crippen molar-refractivity contribution >= 4 is 76.2 Å². The van der Waals surface area contributed by atoms with E-state index in [1.54, 1.807) is 15.7 Å². The summed E-state index contributed by atoms with van der Waals surface area (Å²) in [5.74, 6) is 0.256. The highest BCUT2D eigenvalue weighted by molar-refractivity contribution is 7.23. The highest BCUT2D eigenvalue weighted by Gasteiger charge is 2.38. The monoisotopic (exact) mass is 736 g/mol. The lowest BCUT2D eigenvalue weighted by molar-refractivity contribution is 0.747. The van der Waals surface area contributed by atoms with Crippen LogP contribution in [0.1, 0.15) is 17.0 Å². The Hall–Kier alpha value is -7.02. The molecular formula is C50H32N4OS. The molecule has 12 rings (SSSR count). The van der Waals surface area contributed by atoms with Gasteiger partial charge in [-0.2, -0.15) is 0 Å². The lowest BCUT2D eigenvalue weighted by atomic mass is 9.86. The first kappa shape index (κ1) is 31.3. The SMILES string of the molecule is O=c1c2ccccc2nc2sc3ccc(-c4cccc(-n5c6ccccc6c6cc(C7=CC8c9ccccc9N(c9ccccc9)C8C=C7)ccc65)c4)cc3n12. The van der Waals surface area contributed by atoms with E-state index in [0.29, 0.717) is 10.3 Å². The number of fused-ring (bicyclic) bond motifs is 10. The number of thiazole rings is 1. The Morgan fingerprint density at radius 2 is 1.32 bits per heavy atom. The Morgan fingerprint density at radius 1 is 0.571 bits per heavy atom. The number of hydrogen-bond donors (Lipinski definition) is 0. The molecule has 0 saturated carbocycles. The normalized spacial score (nSPS) is 16.3. The van der Waals surface area contributed by atoms with Crippen LogP contribution >= 0.6 is 11.3 Å². The van der Waals surface area contributed by atoms with E-state index in [1.807, 2.05) is 24.3 Å². The Morgan fingerprint density at radius 3 is 2.25 bits per heavy atom. The van der Waals surface area contributed by atoms with Crippen molar-refractivity contribution in [1.29, 1.82) is 0 Å². The second kappa shape index (κ2) is 12.0. The quantitative estimate of drug-likeness (QED) is 0.181. The van der Waals surface area contributed by atoms with E-state index < -0.39 is 0 Å². The molecule has 0 spiro atoms. The summed E-state index contributed by atoms with van der Waals surface area (Å²) in [5, 5.41) is 3.08. The summed E-state index contributed by atoms with van der Waals surface area (Å²) in [7, 11) is 0. The topological polar surface area (TPSA) is 42.5 Å². The van der Waals surface area contributed by atoms with Crippen molar-refractivity contribution in [3.63, 3.8) is 0 Å². The fraction of sp³-hybridized carbons (Fsp3) is 0.0400. The Balaban J connectivity index is 0.953. The standard InChI is InChI=1S/C50H32N4OS/c55-49-39-17-4-7-18-42(39)51-50-54(49)47-30-34(23-26-48(47)56-50)31-11-10-14-36(27-31)53-44-20-9-6-16-38(44)41-29-33(22-25-46(41)53)32-21-24-45-40(28-32)37-15-5-8-19-43(37)52(45)35-12-2-1-3-13-35/h1-30,40,45H. The number of allylic oxidation sites excluding steroid dienone is 2. The van der Waals surface area contributed by atoms with Crippen molar-refractivity contribution in [2.45, 2.75) is 12.0 Å². The number of nitrogens with zero attached hydrogens (tertiary/aromatic N) is 4. The highest BCUT2D eigenvalue weighted by atomic mass is 32.1. The zero-order chi connectivity index (χ0) is 36.9. The van der Waals surface area contributed by atoms with Gasteiger partial charge in [0, 0.05) is 33.8 Å². The van der Waals surface area contributed by atoms with Crippen molar-refractivity contribution < 1.29 is 0 Å². The van der Waals surface area contributed by atoms with Crippen molar-refractivity contribution in [3.05, 3.63) is 204 Å². The smallest absolute Gasteiger partial charge is 0.266 e. The van der Waals surface area contributed by atoms with Crippen LogP contribution in [-0.4, -0.2) is 20.0 Å². The minimum Gasteiger partial charge on any atom is -0.333 e. The molecule has 0 amide bonds. The summed E-state index contributed by atoms with van der Waals surface area (Å²) < 4.78 is 5.18. The molecule has 5 nitrogen and oxygen atoms in total. The molecule has 1 aliphatic heterocycles. The average Bonchev–Trinajstić information content (AvgIpc) is 3.91. The van der Waals surface area contributed by atoms with E-state index in [1.165, 1.54) is 38.8 Å². The van der Waals surface area contributed by atoms with E-state index in [9.17, 15) is 4.79 Å². The van der Waals surface area contributed by atoms with Gasteiger partial charge >= 0.3 is 0 Å². The van der Waals surface area contributed by atoms with Gasteiger partial charge in [-0.05, 0) is 101 Å². The van der Waals surface area contributed by atoms with Gasteiger partial charge in [0.25, 0.3) is 5.56 Å². The van der Waals surface area contributed by atoms with E-state index >= 15 is 0 Å². The van der Waals surface area contributed by atoms with Gasteiger partial charge < -0.3 is 9.47 Å². The third-order valence-electron chi connectivity index (χ3n) is 11.7. The fourth-order valence-electron chi connectivity index (χ4n) is 9.14. The first-order valence-electron chi connectivity index (χ1n) is 19.0. The summed E-state index contributed by atoms with van der Waals surface area (Å²) in [6.45, 7) is 0. The van der Waals surface area contributed by atoms with Gasteiger partial charge in [-0.15, -0.1) is 0 Å². The minimum atomic E-state index is -0.0334. The third kappa shape index (κ3) is 4.60. The van der Waals surface area contributed by atoms with Gasteiger partial charge in [0.1, 0.15) is 0 Å². The van der Waals surface area contributed by atoms with Crippen LogP contribution in [0, 0.1) is 0 Å². The van der Waals surface area contributed by atoms with Gasteiger partial charge in [0.2, 0.25) is 0 Å². The Labute approximate surface area is 326 Å². The van der Waals surface area contributed by atoms with Crippen molar-refractivity contribution in [2.24, 2.45) is 0 Å². The first-order valence-corrected chi connectivity index (χ1v) is 19.8. The number of benzene rings is 7. The summed E-state index contributed by atoms with van der Waals surface area (Å²) in [6.07, 6.45) is 7.17. The molecule has 0 fully saturated rings. The molecule has 1 aliphatic carbocycles. The van der Waals surface area contributed by atoms with Crippen LogP contribution in [-0.2, 0) is 0 Å². The van der Waals surface area contributed by atoms with Crippen molar-refractivity contribution in [2.75, 3.05) is 4.90 Å². The molecule has 10 aromatic rings. The third-order valence-corrected chi connectivity index (χ3v) is 12.7. The van der Waals surface area contributed by atoms with Crippen LogP contribution in [0.2, 0.25) is 0 Å². The van der Waals surface area contributed by atoms with Gasteiger partial charge in [-0.1, -0.05) is 121 Å². The minimum absolute atomic E-state index is 0.0334. The van der Waals surface area contributed by atoms with Crippen LogP contribution in [0.5, 0.6) is 0 Å². The largest absolute Gasteiger partial charge is 0.333 e. The molecule has 264 valence electrons. The van der Waals surface area contributed by atoms with Crippen LogP contribution in [0.4, 0.5) is 11.4 Å². The predicted octanol–water partition coefficient (Wildman–Crippen LogP) is 12.1. The molecule has 56 heavy (non-hydrogen) atoms. The molecular weight excluding hydrogens is 705 g/mol. The molecule has 0 bridgehead atoms. The molecule has 0 saturated heterocycles. The number of anilines is 2. The van der Waals surface area contributed by atoms with E-state index in [2.05, 4.69) is 167 Å². The predicted molar refractivity (Wildman–Crippen MR) is 233 cm³/mol. The van der Waals surface area contributed by atoms with Crippen molar-refractivity contribution in [1.82, 2.24) is 14.0 Å². The van der Waals surface area contributed by atoms with Gasteiger partial charge in [-0.3, -0.25) is 9.20 Å². The molecule has 2 aliphatic rings. The van der Waals surface area contributed by atoms with E-state index in [-0.39, 0.29) is 17.5 Å². The summed E-state index contributed by atoms with van der Waals surface area (Å²) in [6, 6.07) is 58.1. The molecule has 6 heteroatoms. The van der Waals surface area contributed by atoms with Crippen LogP contribution in [0.25, 0.3) is 70.3 Å². The first-order chi connectivity index (χ1) is 27.7. The zero-order valence-corrected chi connectivity index (χ0v) is 30.9. The lowest BCUT2D eigenvalue weighted by Gasteiger charge is -2.29. The van der Waals surface area contributed by atoms with Gasteiger partial charge in [0.05, 0.1) is 38.2 Å². The number of aromatic nitrogens is 3. The molecule has 0 radical (unpaired) electrons. The van der Waals surface area contributed by atoms with Crippen LogP contribution in [0.15, 0.2) is 187 Å². The lowest BCUT2D eigenvalue weighted by Crippen LogP contribution is -2.28. The second-order valence-corrected chi connectivity index (χ2v) is 15.7. The highest BCUT2D eigenvalue weighted by Crippen LogP contribution is 2.49. The average molecular weight is 737 g/mol. The molecule has 0 N–H and O–H groups in total. The maximum absolute atomic E-state index is 13.7. The maximum Gasteiger partial charge on any atom is 0.266 e. The van der Waals surface area contributed by atoms with Crippen LogP contribution < -0.4 is 10.5 Å². The summed E-state index contributed by atoms with van der Waals surface area (Å²) in [5.41, 5.74) is 13.4. The van der Waals surface area contributed by atoms with Crippen LogP contribution in [0.3, 0.4) is 0 Å². The van der Waals surface area contributed by atoms with E-state index in [0.717, 1.165) is 43.6 Å². The number of para-hydroxylation sites is 4. The maximum atomic E-state index is 13.7. The van der Waals surface area contributed by atoms with Gasteiger partial charge in [0.15, 0.2) is 4.96 Å². The molecule has 2 unspecified atom stereocenters. The zero-order valence-electron chi connectivity index (χ0n) is 30.1. The Kier molecular flexibility index (Phi) is 6.71. The van der Waals surface area contributed by atoms with E-state index in [4.69, 9.17) is 4.98 Å². The summed E-state index contributed by atoms with van der Waals surface area (Å²) >= 11 is 1.55. The summed E-state index contributed by atoms with van der Waals surface area (Å²) in [4.78, 5) is 21.7. The second-order valence-electron chi connectivity index (χ2n) is 14.7. The fourth-order valence-corrected chi connectivity index (χ4v) is 10.1. The number of rotatable bonds is 4. The number of hydrogen-bond acceptors (Lipinski definition) is 4. The molecule has 3 aromatic heterocycles. The molecule has 7 aromatic carbocycles.